The van der Waals surface area contributed by atoms with E-state index in [1.807, 2.05) is 44.2 Å². The Balaban J connectivity index is 1.78. The Kier molecular flexibility index (Phi) is 4.65. The van der Waals surface area contributed by atoms with Gasteiger partial charge in [-0.15, -0.1) is 0 Å². The molecular formula is C20H19NO4. The van der Waals surface area contributed by atoms with Crippen molar-refractivity contribution in [2.75, 3.05) is 0 Å². The van der Waals surface area contributed by atoms with Gasteiger partial charge in [-0.2, -0.15) is 0 Å². The van der Waals surface area contributed by atoms with Gasteiger partial charge in [-0.3, -0.25) is 9.78 Å². The van der Waals surface area contributed by atoms with E-state index in [4.69, 9.17) is 9.47 Å². The second kappa shape index (κ2) is 6.89. The summed E-state index contributed by atoms with van der Waals surface area (Å²) >= 11 is 0. The molecule has 0 fully saturated rings. The topological polar surface area (TPSA) is 65.5 Å². The van der Waals surface area contributed by atoms with Crippen molar-refractivity contribution in [2.45, 2.75) is 26.1 Å². The maximum absolute atomic E-state index is 12.7. The maximum atomic E-state index is 12.7. The number of aromatic nitrogens is 1. The van der Waals surface area contributed by atoms with Crippen molar-refractivity contribution in [3.05, 3.63) is 77.8 Å². The van der Waals surface area contributed by atoms with Crippen molar-refractivity contribution >= 4 is 11.8 Å². The van der Waals surface area contributed by atoms with Gasteiger partial charge < -0.3 is 9.47 Å². The van der Waals surface area contributed by atoms with Crippen LogP contribution < -0.4 is 0 Å². The van der Waals surface area contributed by atoms with Crippen LogP contribution in [0.5, 0.6) is 0 Å². The molecule has 5 heteroatoms. The molecule has 5 nitrogen and oxygen atoms in total. The number of esters is 1. The van der Waals surface area contributed by atoms with E-state index in [-0.39, 0.29) is 24.1 Å². The molecule has 1 atom stereocenters. The fourth-order valence-electron chi connectivity index (χ4n) is 2.91. The predicted octanol–water partition coefficient (Wildman–Crippen LogP) is 3.16. The molecule has 1 aliphatic heterocycles. The molecule has 0 saturated carbocycles. The van der Waals surface area contributed by atoms with Crippen molar-refractivity contribution in [3.63, 3.8) is 0 Å². The lowest BCUT2D eigenvalue weighted by Gasteiger charge is -2.32. The van der Waals surface area contributed by atoms with E-state index in [1.165, 1.54) is 6.08 Å². The van der Waals surface area contributed by atoms with Gasteiger partial charge in [0.05, 0.1) is 0 Å². The average molecular weight is 337 g/mol. The monoisotopic (exact) mass is 337 g/mol. The molecule has 2 heterocycles. The third-order valence-corrected chi connectivity index (χ3v) is 4.21. The normalized spacial score (nSPS) is 19.5. The quantitative estimate of drug-likeness (QED) is 0.784. The molecule has 25 heavy (non-hydrogen) atoms. The van der Waals surface area contributed by atoms with Crippen LogP contribution in [0.2, 0.25) is 0 Å². The Labute approximate surface area is 146 Å². The number of carbonyl (C=O) groups excluding carboxylic acids is 2. The number of hydrogen-bond donors (Lipinski definition) is 0. The Morgan fingerprint density at radius 2 is 1.96 bits per heavy atom. The number of benzene rings is 1. The van der Waals surface area contributed by atoms with Gasteiger partial charge in [-0.05, 0) is 6.07 Å². The summed E-state index contributed by atoms with van der Waals surface area (Å²) in [5, 5.41) is 0. The van der Waals surface area contributed by atoms with E-state index in [0.717, 1.165) is 11.1 Å². The van der Waals surface area contributed by atoms with E-state index in [2.05, 4.69) is 4.98 Å². The first kappa shape index (κ1) is 16.9. The minimum Gasteiger partial charge on any atom is -0.466 e. The fourth-order valence-corrected chi connectivity index (χ4v) is 2.91. The van der Waals surface area contributed by atoms with Gasteiger partial charge in [0.2, 0.25) is 11.5 Å². The summed E-state index contributed by atoms with van der Waals surface area (Å²) < 4.78 is 11.1. The smallest absolute Gasteiger partial charge is 0.374 e. The number of rotatable bonds is 5. The molecule has 0 N–H and O–H groups in total. The number of carbonyl (C=O) groups is 2. The van der Waals surface area contributed by atoms with Crippen LogP contribution in [0.4, 0.5) is 0 Å². The molecule has 0 aliphatic carbocycles. The Bertz CT molecular complexity index is 799. The van der Waals surface area contributed by atoms with Crippen molar-refractivity contribution in [2.24, 2.45) is 5.92 Å². The first-order chi connectivity index (χ1) is 12.0. The molecule has 0 bridgehead atoms. The first-order valence-electron chi connectivity index (χ1n) is 8.10. The summed E-state index contributed by atoms with van der Waals surface area (Å²) in [4.78, 5) is 29.0. The zero-order valence-corrected chi connectivity index (χ0v) is 14.1. The van der Waals surface area contributed by atoms with Gasteiger partial charge in [0, 0.05) is 35.5 Å². The van der Waals surface area contributed by atoms with Crippen LogP contribution in [-0.4, -0.2) is 16.7 Å². The molecule has 1 aliphatic rings. The van der Waals surface area contributed by atoms with E-state index >= 15 is 0 Å². The van der Waals surface area contributed by atoms with E-state index in [1.54, 1.807) is 24.5 Å². The molecule has 128 valence electrons. The molecule has 1 aromatic carbocycles. The van der Waals surface area contributed by atoms with E-state index in [0.29, 0.717) is 0 Å². The van der Waals surface area contributed by atoms with Crippen LogP contribution in [-0.2, 0) is 31.3 Å². The highest BCUT2D eigenvalue weighted by molar-refractivity contribution is 6.06. The lowest BCUT2D eigenvalue weighted by Crippen LogP contribution is -2.39. The lowest BCUT2D eigenvalue weighted by molar-refractivity contribution is -0.151. The third kappa shape index (κ3) is 3.18. The van der Waals surface area contributed by atoms with Crippen molar-refractivity contribution in [3.8, 4) is 0 Å². The highest BCUT2D eigenvalue weighted by Crippen LogP contribution is 2.41. The molecule has 0 amide bonds. The molecule has 1 aromatic heterocycles. The first-order valence-corrected chi connectivity index (χ1v) is 8.10. The second-order valence-electron chi connectivity index (χ2n) is 6.17. The second-order valence-corrected chi connectivity index (χ2v) is 6.17. The predicted molar refractivity (Wildman–Crippen MR) is 91.2 cm³/mol. The van der Waals surface area contributed by atoms with Crippen molar-refractivity contribution in [1.29, 1.82) is 0 Å². The summed E-state index contributed by atoms with van der Waals surface area (Å²) in [6.07, 6.45) is 4.49. The van der Waals surface area contributed by atoms with Crippen LogP contribution >= 0.6 is 0 Å². The number of pyridine rings is 1. The SMILES string of the molecule is CC(C)C1(c2ccccc2)OC(C(=O)OCc2cccnc2)=CC1=O. The van der Waals surface area contributed by atoms with Crippen LogP contribution in [0, 0.1) is 5.92 Å². The zero-order chi connectivity index (χ0) is 17.9. The Morgan fingerprint density at radius 3 is 2.60 bits per heavy atom. The Hall–Kier alpha value is -2.95. The average Bonchev–Trinajstić information content (AvgIpc) is 3.00. The maximum Gasteiger partial charge on any atom is 0.374 e. The summed E-state index contributed by atoms with van der Waals surface area (Å²) in [5.74, 6) is -1.12. The van der Waals surface area contributed by atoms with Gasteiger partial charge in [0.1, 0.15) is 6.61 Å². The van der Waals surface area contributed by atoms with Crippen LogP contribution in [0.25, 0.3) is 0 Å². The van der Waals surface area contributed by atoms with E-state index < -0.39 is 11.6 Å². The largest absolute Gasteiger partial charge is 0.466 e. The number of hydrogen-bond acceptors (Lipinski definition) is 5. The molecule has 2 aromatic rings. The minimum absolute atomic E-state index is 0.0635. The van der Waals surface area contributed by atoms with E-state index in [9.17, 15) is 9.59 Å². The van der Waals surface area contributed by atoms with Crippen LogP contribution in [0.15, 0.2) is 66.7 Å². The van der Waals surface area contributed by atoms with Gasteiger partial charge in [-0.25, -0.2) is 4.79 Å². The summed E-state index contributed by atoms with van der Waals surface area (Å²) in [6, 6.07) is 12.8. The molecule has 0 radical (unpaired) electrons. The number of ketones is 1. The highest BCUT2D eigenvalue weighted by Gasteiger charge is 2.50. The minimum atomic E-state index is -1.19. The number of ether oxygens (including phenoxy) is 2. The number of nitrogens with zero attached hydrogens (tertiary/aromatic N) is 1. The highest BCUT2D eigenvalue weighted by atomic mass is 16.6. The van der Waals surface area contributed by atoms with Gasteiger partial charge in [-0.1, -0.05) is 50.2 Å². The van der Waals surface area contributed by atoms with Gasteiger partial charge >= 0.3 is 5.97 Å². The Morgan fingerprint density at radius 1 is 1.20 bits per heavy atom. The molecule has 3 rings (SSSR count). The third-order valence-electron chi connectivity index (χ3n) is 4.21. The molecule has 0 spiro atoms. The standard InChI is InChI=1S/C20H19NO4/c1-14(2)20(16-8-4-3-5-9-16)18(22)11-17(25-20)19(23)24-13-15-7-6-10-21-12-15/h3-12,14H,13H2,1-2H3. The summed E-state index contributed by atoms with van der Waals surface area (Å²) in [5.41, 5.74) is 0.296. The summed E-state index contributed by atoms with van der Waals surface area (Å²) in [6.45, 7) is 3.85. The van der Waals surface area contributed by atoms with Crippen LogP contribution in [0.1, 0.15) is 25.0 Å². The molecular weight excluding hydrogens is 318 g/mol. The van der Waals surface area contributed by atoms with Gasteiger partial charge in [0.25, 0.3) is 0 Å². The molecule has 1 unspecified atom stereocenters. The summed E-state index contributed by atoms with van der Waals surface area (Å²) in [7, 11) is 0. The lowest BCUT2D eigenvalue weighted by atomic mass is 9.80. The van der Waals surface area contributed by atoms with Crippen LogP contribution in [0.3, 0.4) is 0 Å². The van der Waals surface area contributed by atoms with Crippen molar-refractivity contribution in [1.82, 2.24) is 4.98 Å². The molecule has 0 saturated heterocycles. The zero-order valence-electron chi connectivity index (χ0n) is 14.1. The fraction of sp³-hybridized carbons (Fsp3) is 0.250. The van der Waals surface area contributed by atoms with Gasteiger partial charge in [0.15, 0.2) is 5.60 Å². The van der Waals surface area contributed by atoms with Crippen molar-refractivity contribution < 1.29 is 19.1 Å².